The Morgan fingerprint density at radius 3 is 2.10 bits per heavy atom. The lowest BCUT2D eigenvalue weighted by atomic mass is 10.2. The Hall–Kier alpha value is -2.71. The first-order valence-electron chi connectivity index (χ1n) is 5.26. The van der Waals surface area contributed by atoms with Gasteiger partial charge < -0.3 is 20.8 Å². The molecule has 0 spiro atoms. The van der Waals surface area contributed by atoms with E-state index in [-0.39, 0.29) is 5.69 Å². The molecule has 1 aromatic carbocycles. The van der Waals surface area contributed by atoms with Crippen molar-refractivity contribution in [1.82, 2.24) is 5.32 Å². The predicted molar refractivity (Wildman–Crippen MR) is 62.2 cm³/mol. The number of carboxylic acids is 2. The van der Waals surface area contributed by atoms with Gasteiger partial charge in [0.1, 0.15) is 17.7 Å². The van der Waals surface area contributed by atoms with Gasteiger partial charge in [0.25, 0.3) is 0 Å². The van der Waals surface area contributed by atoms with Crippen LogP contribution < -0.4 is 10.6 Å². The molecule has 0 saturated carbocycles. The molecular weight excluding hydrogens is 278 g/mol. The summed E-state index contributed by atoms with van der Waals surface area (Å²) in [6.07, 6.45) is -0.833. The summed E-state index contributed by atoms with van der Waals surface area (Å²) < 4.78 is 25.7. The number of hydrogen-bond donors (Lipinski definition) is 4. The number of halogens is 2. The highest BCUT2D eigenvalue weighted by atomic mass is 19.1. The Bertz CT molecular complexity index is 529. The van der Waals surface area contributed by atoms with E-state index < -0.39 is 42.1 Å². The van der Waals surface area contributed by atoms with Gasteiger partial charge in [0.15, 0.2) is 0 Å². The number of rotatable bonds is 5. The maximum atomic E-state index is 12.9. The van der Waals surface area contributed by atoms with Crippen molar-refractivity contribution in [1.29, 1.82) is 0 Å². The van der Waals surface area contributed by atoms with Gasteiger partial charge in [0.2, 0.25) is 0 Å². The van der Waals surface area contributed by atoms with Crippen LogP contribution >= 0.6 is 0 Å². The van der Waals surface area contributed by atoms with Gasteiger partial charge in [0.05, 0.1) is 6.42 Å². The summed E-state index contributed by atoms with van der Waals surface area (Å²) in [5.74, 6) is -4.83. The zero-order valence-electron chi connectivity index (χ0n) is 9.89. The third-order valence-electron chi connectivity index (χ3n) is 2.10. The maximum absolute atomic E-state index is 12.9. The highest BCUT2D eigenvalue weighted by molar-refractivity contribution is 5.93. The number of carbonyl (C=O) groups is 3. The molecule has 0 aliphatic carbocycles. The molecule has 0 saturated heterocycles. The summed E-state index contributed by atoms with van der Waals surface area (Å²) in [6, 6.07) is -0.534. The second-order valence-corrected chi connectivity index (χ2v) is 3.75. The first-order valence-corrected chi connectivity index (χ1v) is 5.26. The Morgan fingerprint density at radius 2 is 1.65 bits per heavy atom. The van der Waals surface area contributed by atoms with Gasteiger partial charge in [-0.15, -0.1) is 0 Å². The van der Waals surface area contributed by atoms with E-state index in [1.807, 2.05) is 10.6 Å². The van der Waals surface area contributed by atoms with E-state index in [0.29, 0.717) is 6.07 Å². The number of benzene rings is 1. The number of carboxylic acid groups (broad SMARTS) is 2. The van der Waals surface area contributed by atoms with Gasteiger partial charge in [-0.2, -0.15) is 0 Å². The smallest absolute Gasteiger partial charge is 0.326 e. The molecule has 1 unspecified atom stereocenters. The van der Waals surface area contributed by atoms with Gasteiger partial charge in [-0.25, -0.2) is 18.4 Å². The van der Waals surface area contributed by atoms with Crippen molar-refractivity contribution < 1.29 is 33.4 Å². The van der Waals surface area contributed by atoms with Crippen LogP contribution in [0.2, 0.25) is 0 Å². The lowest BCUT2D eigenvalue weighted by Crippen LogP contribution is -2.44. The fraction of sp³-hybridized carbons (Fsp3) is 0.182. The monoisotopic (exact) mass is 288 g/mol. The Morgan fingerprint density at radius 1 is 1.10 bits per heavy atom. The normalized spacial score (nSPS) is 11.5. The number of hydrogen-bond acceptors (Lipinski definition) is 3. The standard InChI is InChI=1S/C11H10F2N2O5/c12-5-1-6(13)3-7(2-5)14-11(20)15-8(10(18)19)4-9(16)17/h1-3,8H,4H2,(H,16,17)(H,18,19)(H2,14,15,20). The first-order chi connectivity index (χ1) is 9.27. The molecular formula is C11H10F2N2O5. The highest BCUT2D eigenvalue weighted by Crippen LogP contribution is 2.12. The third-order valence-corrected chi connectivity index (χ3v) is 2.10. The van der Waals surface area contributed by atoms with E-state index in [9.17, 15) is 23.2 Å². The number of nitrogens with one attached hydrogen (secondary N) is 2. The van der Waals surface area contributed by atoms with Gasteiger partial charge in [-0.1, -0.05) is 0 Å². The van der Waals surface area contributed by atoms with Crippen molar-refractivity contribution in [2.24, 2.45) is 0 Å². The summed E-state index contributed by atoms with van der Waals surface area (Å²) >= 11 is 0. The number of aliphatic carboxylic acids is 2. The summed E-state index contributed by atoms with van der Waals surface area (Å²) in [5.41, 5.74) is -0.237. The SMILES string of the molecule is O=C(O)CC(NC(=O)Nc1cc(F)cc(F)c1)C(=O)O. The van der Waals surface area contributed by atoms with Crippen molar-refractivity contribution in [2.45, 2.75) is 12.5 Å². The van der Waals surface area contributed by atoms with Crippen LogP contribution in [0.4, 0.5) is 19.3 Å². The molecule has 0 fully saturated rings. The summed E-state index contributed by atoms with van der Waals surface area (Å²) in [6.45, 7) is 0. The minimum atomic E-state index is -1.66. The Kier molecular flexibility index (Phi) is 4.95. The van der Waals surface area contributed by atoms with Crippen LogP contribution in [0.5, 0.6) is 0 Å². The molecule has 1 aromatic rings. The lowest BCUT2D eigenvalue weighted by Gasteiger charge is -2.13. The number of carbonyl (C=O) groups excluding carboxylic acids is 1. The molecule has 0 aliphatic heterocycles. The van der Waals surface area contributed by atoms with Crippen molar-refractivity contribution in [3.63, 3.8) is 0 Å². The van der Waals surface area contributed by atoms with E-state index in [1.54, 1.807) is 0 Å². The molecule has 7 nitrogen and oxygen atoms in total. The third kappa shape index (κ3) is 4.88. The Labute approximate surface area is 111 Å². The van der Waals surface area contributed by atoms with E-state index in [0.717, 1.165) is 12.1 Å². The summed E-state index contributed by atoms with van der Waals surface area (Å²) in [5, 5.41) is 21.0. The van der Waals surface area contributed by atoms with Crippen LogP contribution in [0.15, 0.2) is 18.2 Å². The number of urea groups is 1. The van der Waals surface area contributed by atoms with Crippen molar-refractivity contribution in [3.8, 4) is 0 Å². The van der Waals surface area contributed by atoms with Crippen LogP contribution in [0.1, 0.15) is 6.42 Å². The van der Waals surface area contributed by atoms with E-state index >= 15 is 0 Å². The largest absolute Gasteiger partial charge is 0.481 e. The molecule has 9 heteroatoms. The quantitative estimate of drug-likeness (QED) is 0.645. The van der Waals surface area contributed by atoms with Crippen LogP contribution in [-0.4, -0.2) is 34.2 Å². The zero-order valence-corrected chi connectivity index (χ0v) is 9.89. The highest BCUT2D eigenvalue weighted by Gasteiger charge is 2.23. The predicted octanol–water partition coefficient (Wildman–Crippen LogP) is 1.01. The van der Waals surface area contributed by atoms with E-state index in [2.05, 4.69) is 0 Å². The second kappa shape index (κ2) is 6.45. The van der Waals surface area contributed by atoms with Gasteiger partial charge in [-0.3, -0.25) is 4.79 Å². The van der Waals surface area contributed by atoms with Crippen LogP contribution in [0.25, 0.3) is 0 Å². The summed E-state index contributed by atoms with van der Waals surface area (Å²) in [4.78, 5) is 32.5. The molecule has 108 valence electrons. The van der Waals surface area contributed by atoms with Crippen LogP contribution in [0.3, 0.4) is 0 Å². The molecule has 2 amide bonds. The second-order valence-electron chi connectivity index (χ2n) is 3.75. The van der Waals surface area contributed by atoms with Crippen molar-refractivity contribution in [3.05, 3.63) is 29.8 Å². The molecule has 0 radical (unpaired) electrons. The molecule has 0 bridgehead atoms. The molecule has 4 N–H and O–H groups in total. The van der Waals surface area contributed by atoms with E-state index in [1.165, 1.54) is 0 Å². The van der Waals surface area contributed by atoms with Crippen molar-refractivity contribution >= 4 is 23.7 Å². The average molecular weight is 288 g/mol. The lowest BCUT2D eigenvalue weighted by molar-refractivity contribution is -0.145. The molecule has 0 aliphatic rings. The number of amides is 2. The van der Waals surface area contributed by atoms with Crippen LogP contribution in [0, 0.1) is 11.6 Å². The fourth-order valence-corrected chi connectivity index (χ4v) is 1.33. The summed E-state index contributed by atoms with van der Waals surface area (Å²) in [7, 11) is 0. The topological polar surface area (TPSA) is 116 Å². The maximum Gasteiger partial charge on any atom is 0.326 e. The zero-order chi connectivity index (χ0) is 15.3. The van der Waals surface area contributed by atoms with E-state index in [4.69, 9.17) is 10.2 Å². The first kappa shape index (κ1) is 15.3. The van der Waals surface area contributed by atoms with Gasteiger partial charge in [0, 0.05) is 11.8 Å². The molecule has 1 rings (SSSR count). The minimum absolute atomic E-state index is 0.237. The average Bonchev–Trinajstić information content (AvgIpc) is 2.25. The van der Waals surface area contributed by atoms with Gasteiger partial charge in [-0.05, 0) is 12.1 Å². The molecule has 1 atom stereocenters. The molecule has 0 aromatic heterocycles. The molecule has 20 heavy (non-hydrogen) atoms. The van der Waals surface area contributed by atoms with Gasteiger partial charge >= 0.3 is 18.0 Å². The molecule has 0 heterocycles. The van der Waals surface area contributed by atoms with Crippen LogP contribution in [-0.2, 0) is 9.59 Å². The van der Waals surface area contributed by atoms with Crippen molar-refractivity contribution in [2.75, 3.05) is 5.32 Å². The Balaban J connectivity index is 2.70. The fourth-order valence-electron chi connectivity index (χ4n) is 1.33. The minimum Gasteiger partial charge on any atom is -0.481 e. The number of anilines is 1.